The van der Waals surface area contributed by atoms with Gasteiger partial charge in [0.15, 0.2) is 0 Å². The van der Waals surface area contributed by atoms with E-state index < -0.39 is 10.8 Å². The number of amides is 1. The quantitative estimate of drug-likeness (QED) is 0.494. The zero-order chi connectivity index (χ0) is 11.6. The van der Waals surface area contributed by atoms with E-state index >= 15 is 0 Å². The van der Waals surface area contributed by atoms with E-state index in [2.05, 4.69) is 21.0 Å². The molecule has 1 rings (SSSR count). The van der Waals surface area contributed by atoms with E-state index in [9.17, 15) is 14.9 Å². The van der Waals surface area contributed by atoms with E-state index in [1.54, 1.807) is 0 Å². The van der Waals surface area contributed by atoms with Crippen molar-refractivity contribution < 1.29 is 9.72 Å². The molecular formula is C7H9BrN4O3. The first-order valence-corrected chi connectivity index (χ1v) is 5.18. The molecule has 0 spiro atoms. The van der Waals surface area contributed by atoms with Crippen LogP contribution in [0.15, 0.2) is 0 Å². The molecule has 0 saturated carbocycles. The average Bonchev–Trinajstić information content (AvgIpc) is 2.42. The summed E-state index contributed by atoms with van der Waals surface area (Å²) >= 11 is 3.16. The molecule has 1 aromatic heterocycles. The minimum absolute atomic E-state index is 0.156. The van der Waals surface area contributed by atoms with Crippen molar-refractivity contribution in [2.75, 3.05) is 5.33 Å². The smallest absolute Gasteiger partial charge is 0.322 e. The number of carbonyl (C=O) groups excluding carboxylic acids is 1. The summed E-state index contributed by atoms with van der Waals surface area (Å²) in [5, 5.41) is 15.1. The van der Waals surface area contributed by atoms with Crippen molar-refractivity contribution in [1.29, 1.82) is 0 Å². The molecule has 0 bridgehead atoms. The van der Waals surface area contributed by atoms with Gasteiger partial charge in [0.2, 0.25) is 5.69 Å². The van der Waals surface area contributed by atoms with Gasteiger partial charge in [0, 0.05) is 5.33 Å². The molecule has 7 nitrogen and oxygen atoms in total. The van der Waals surface area contributed by atoms with Crippen molar-refractivity contribution >= 4 is 27.5 Å². The average molecular weight is 277 g/mol. The highest BCUT2D eigenvalue weighted by atomic mass is 79.9. The van der Waals surface area contributed by atoms with Crippen LogP contribution in [0.3, 0.4) is 0 Å². The van der Waals surface area contributed by atoms with E-state index in [0.29, 0.717) is 11.9 Å². The van der Waals surface area contributed by atoms with Crippen LogP contribution in [-0.4, -0.2) is 25.9 Å². The van der Waals surface area contributed by atoms with Crippen molar-refractivity contribution in [3.8, 4) is 0 Å². The molecule has 15 heavy (non-hydrogen) atoms. The number of nitrogens with two attached hydrogens (primary N) is 1. The van der Waals surface area contributed by atoms with Gasteiger partial charge in [0.25, 0.3) is 5.91 Å². The minimum atomic E-state index is -0.844. The highest BCUT2D eigenvalue weighted by molar-refractivity contribution is 9.09. The van der Waals surface area contributed by atoms with E-state index in [4.69, 9.17) is 5.73 Å². The fourth-order valence-electron chi connectivity index (χ4n) is 1.28. The fourth-order valence-corrected chi connectivity index (χ4v) is 1.61. The van der Waals surface area contributed by atoms with Gasteiger partial charge in [-0.25, -0.2) is 0 Å². The number of primary amides is 1. The van der Waals surface area contributed by atoms with Crippen LogP contribution < -0.4 is 5.73 Å². The highest BCUT2D eigenvalue weighted by Crippen LogP contribution is 2.22. The van der Waals surface area contributed by atoms with Gasteiger partial charge in [-0.2, -0.15) is 5.10 Å². The Balaban J connectivity index is 3.37. The Labute approximate surface area is 93.5 Å². The summed E-state index contributed by atoms with van der Waals surface area (Å²) in [6, 6.07) is 0. The predicted molar refractivity (Wildman–Crippen MR) is 55.9 cm³/mol. The van der Waals surface area contributed by atoms with Gasteiger partial charge in [-0.05, 0) is 6.92 Å². The maximum absolute atomic E-state index is 11.1. The molecule has 0 saturated heterocycles. The molecule has 8 heteroatoms. The lowest BCUT2D eigenvalue weighted by molar-refractivity contribution is -0.385. The summed E-state index contributed by atoms with van der Waals surface area (Å²) < 4.78 is 1.24. The number of carbonyl (C=O) groups is 1. The normalized spacial score (nSPS) is 10.3. The summed E-state index contributed by atoms with van der Waals surface area (Å²) in [6.07, 6.45) is 0. The van der Waals surface area contributed by atoms with Gasteiger partial charge in [0.1, 0.15) is 5.69 Å². The Bertz CT molecular complexity index is 415. The largest absolute Gasteiger partial charge is 0.364 e. The third-order valence-corrected chi connectivity index (χ3v) is 2.16. The van der Waals surface area contributed by atoms with Crippen molar-refractivity contribution in [3.63, 3.8) is 0 Å². The fraction of sp³-hybridized carbons (Fsp3) is 0.429. The molecule has 1 amide bonds. The van der Waals surface area contributed by atoms with Gasteiger partial charge in [-0.3, -0.25) is 19.6 Å². The molecule has 0 aliphatic rings. The van der Waals surface area contributed by atoms with Gasteiger partial charge in [-0.15, -0.1) is 0 Å². The molecule has 0 atom stereocenters. The molecule has 0 aliphatic heterocycles. The summed E-state index contributed by atoms with van der Waals surface area (Å²) in [5.41, 5.74) is 4.80. The second kappa shape index (κ2) is 4.39. The molecule has 0 fully saturated rings. The molecular weight excluding hydrogens is 268 g/mol. The number of nitrogens with zero attached hydrogens (tertiary/aromatic N) is 3. The van der Waals surface area contributed by atoms with Crippen LogP contribution in [0.25, 0.3) is 0 Å². The zero-order valence-electron chi connectivity index (χ0n) is 7.94. The van der Waals surface area contributed by atoms with Crippen LogP contribution in [0.1, 0.15) is 16.2 Å². The van der Waals surface area contributed by atoms with Gasteiger partial charge in [0.05, 0.1) is 11.5 Å². The number of nitro groups is 1. The number of hydrogen-bond donors (Lipinski definition) is 1. The molecule has 0 unspecified atom stereocenters. The van der Waals surface area contributed by atoms with Crippen LogP contribution in [0, 0.1) is 17.0 Å². The molecule has 0 aromatic carbocycles. The van der Waals surface area contributed by atoms with Crippen molar-refractivity contribution in [2.45, 2.75) is 13.5 Å². The molecule has 1 aromatic rings. The van der Waals surface area contributed by atoms with Crippen LogP contribution in [0.2, 0.25) is 0 Å². The molecule has 1 heterocycles. The maximum Gasteiger partial charge on any atom is 0.322 e. The van der Waals surface area contributed by atoms with Crippen molar-refractivity contribution in [1.82, 2.24) is 9.78 Å². The Morgan fingerprint density at radius 2 is 2.33 bits per heavy atom. The van der Waals surface area contributed by atoms with Gasteiger partial charge < -0.3 is 5.73 Å². The second-order valence-corrected chi connectivity index (χ2v) is 3.61. The van der Waals surface area contributed by atoms with Crippen molar-refractivity contribution in [3.05, 3.63) is 21.5 Å². The van der Waals surface area contributed by atoms with E-state index in [1.165, 1.54) is 11.6 Å². The first kappa shape index (κ1) is 11.6. The van der Waals surface area contributed by atoms with Gasteiger partial charge in [-0.1, -0.05) is 15.9 Å². The molecule has 82 valence electrons. The Hall–Kier alpha value is -1.44. The minimum Gasteiger partial charge on any atom is -0.364 e. The lowest BCUT2D eigenvalue weighted by Crippen LogP contribution is -2.19. The number of rotatable bonds is 4. The third kappa shape index (κ3) is 2.14. The Morgan fingerprint density at radius 3 is 2.73 bits per heavy atom. The first-order chi connectivity index (χ1) is 6.99. The number of alkyl halides is 1. The number of halogens is 1. The van der Waals surface area contributed by atoms with Crippen LogP contribution >= 0.6 is 15.9 Å². The van der Waals surface area contributed by atoms with Crippen LogP contribution in [0.4, 0.5) is 5.69 Å². The van der Waals surface area contributed by atoms with E-state index in [-0.39, 0.29) is 17.1 Å². The number of aryl methyl sites for hydroxylation is 2. The van der Waals surface area contributed by atoms with Crippen LogP contribution in [0.5, 0.6) is 0 Å². The lowest BCUT2D eigenvalue weighted by atomic mass is 10.3. The first-order valence-electron chi connectivity index (χ1n) is 4.06. The molecule has 0 radical (unpaired) electrons. The Kier molecular flexibility index (Phi) is 3.40. The summed E-state index contributed by atoms with van der Waals surface area (Å²) in [5.74, 6) is -0.844. The monoisotopic (exact) mass is 276 g/mol. The highest BCUT2D eigenvalue weighted by Gasteiger charge is 2.28. The predicted octanol–water partition coefficient (Wildman–Crippen LogP) is 0.594. The second-order valence-electron chi connectivity index (χ2n) is 2.82. The SMILES string of the molecule is Cc1nn(CCBr)c(C(N)=O)c1[N+](=O)[O-]. The molecule has 2 N–H and O–H groups in total. The lowest BCUT2D eigenvalue weighted by Gasteiger charge is -1.99. The zero-order valence-corrected chi connectivity index (χ0v) is 9.52. The van der Waals surface area contributed by atoms with E-state index in [1.807, 2.05) is 0 Å². The maximum atomic E-state index is 11.1. The number of aromatic nitrogens is 2. The van der Waals surface area contributed by atoms with E-state index in [0.717, 1.165) is 0 Å². The summed E-state index contributed by atoms with van der Waals surface area (Å²) in [6.45, 7) is 1.82. The Morgan fingerprint density at radius 1 is 1.73 bits per heavy atom. The summed E-state index contributed by atoms with van der Waals surface area (Å²) in [4.78, 5) is 21.1. The third-order valence-electron chi connectivity index (χ3n) is 1.81. The number of hydrogen-bond acceptors (Lipinski definition) is 4. The van der Waals surface area contributed by atoms with Crippen molar-refractivity contribution in [2.24, 2.45) is 5.73 Å². The van der Waals surface area contributed by atoms with Crippen LogP contribution in [-0.2, 0) is 6.54 Å². The standard InChI is InChI=1S/C7H9BrN4O3/c1-4-5(12(14)15)6(7(9)13)11(10-4)3-2-8/h2-3H2,1H3,(H2,9,13). The summed E-state index contributed by atoms with van der Waals surface area (Å²) in [7, 11) is 0. The topological polar surface area (TPSA) is 104 Å². The van der Waals surface area contributed by atoms with Gasteiger partial charge >= 0.3 is 5.69 Å². The molecule has 0 aliphatic carbocycles.